The van der Waals surface area contributed by atoms with Gasteiger partial charge in [-0.05, 0) is 48.2 Å². The number of rotatable bonds is 3. The first-order valence-corrected chi connectivity index (χ1v) is 9.66. The van der Waals surface area contributed by atoms with Crippen molar-refractivity contribution in [2.75, 3.05) is 0 Å². The van der Waals surface area contributed by atoms with Gasteiger partial charge in [-0.3, -0.25) is 4.57 Å². The van der Waals surface area contributed by atoms with Gasteiger partial charge in [-0.15, -0.1) is 0 Å². The number of hydrogen-bond donors (Lipinski definition) is 0. The number of aryl methyl sites for hydroxylation is 2. The standard InChI is InChI=1S/C24H20N4O/c1-16-10-12-19(13-11-16)22-25-23-20-8-3-4-9-21(20)27(24(29)28(23)26-22)15-18-7-5-6-17(2)14-18/h3-14H,15H2,1-2H3/p+1. The zero-order valence-electron chi connectivity index (χ0n) is 16.4. The van der Waals surface area contributed by atoms with E-state index in [2.05, 4.69) is 36.1 Å². The minimum Gasteiger partial charge on any atom is -0.273 e. The Labute approximate surface area is 167 Å². The van der Waals surface area contributed by atoms with Gasteiger partial charge in [0.1, 0.15) is 0 Å². The van der Waals surface area contributed by atoms with Crippen molar-refractivity contribution in [1.82, 2.24) is 14.2 Å². The van der Waals surface area contributed by atoms with Crippen LogP contribution in [0.4, 0.5) is 0 Å². The van der Waals surface area contributed by atoms with E-state index in [0.29, 0.717) is 18.0 Å². The van der Waals surface area contributed by atoms with Crippen molar-refractivity contribution in [3.63, 3.8) is 0 Å². The van der Waals surface area contributed by atoms with E-state index in [4.69, 9.17) is 0 Å². The van der Waals surface area contributed by atoms with Gasteiger partial charge in [0.25, 0.3) is 5.65 Å². The maximum atomic E-state index is 13.4. The number of benzene rings is 3. The van der Waals surface area contributed by atoms with E-state index in [1.807, 2.05) is 60.7 Å². The molecular formula is C24H21N4O+. The topological polar surface area (TPSA) is 53.4 Å². The van der Waals surface area contributed by atoms with Gasteiger partial charge >= 0.3 is 11.5 Å². The molecule has 1 N–H and O–H groups in total. The summed E-state index contributed by atoms with van der Waals surface area (Å²) < 4.78 is 3.27. The molecule has 5 heteroatoms. The first kappa shape index (κ1) is 17.4. The van der Waals surface area contributed by atoms with Crippen molar-refractivity contribution in [1.29, 1.82) is 0 Å². The largest absolute Gasteiger partial charge is 0.423 e. The number of para-hydroxylation sites is 1. The molecule has 0 aliphatic heterocycles. The molecule has 0 aliphatic carbocycles. The van der Waals surface area contributed by atoms with Crippen LogP contribution in [0, 0.1) is 13.8 Å². The van der Waals surface area contributed by atoms with E-state index in [-0.39, 0.29) is 5.69 Å². The Morgan fingerprint density at radius 1 is 0.897 bits per heavy atom. The average Bonchev–Trinajstić information content (AvgIpc) is 3.18. The minimum absolute atomic E-state index is 0.158. The van der Waals surface area contributed by atoms with Crippen LogP contribution in [0.1, 0.15) is 16.7 Å². The number of nitrogens with zero attached hydrogens (tertiary/aromatic N) is 3. The molecule has 5 rings (SSSR count). The van der Waals surface area contributed by atoms with Gasteiger partial charge < -0.3 is 0 Å². The lowest BCUT2D eigenvalue weighted by Gasteiger charge is -2.09. The Morgan fingerprint density at radius 3 is 2.48 bits per heavy atom. The molecule has 0 radical (unpaired) electrons. The monoisotopic (exact) mass is 381 g/mol. The normalized spacial score (nSPS) is 11.4. The third kappa shape index (κ3) is 3.01. The molecule has 0 aliphatic rings. The number of nitrogens with one attached hydrogen (secondary N) is 1. The molecule has 0 spiro atoms. The number of fused-ring (bicyclic) bond motifs is 3. The van der Waals surface area contributed by atoms with Crippen LogP contribution in [-0.2, 0) is 6.54 Å². The van der Waals surface area contributed by atoms with Gasteiger partial charge in [0.05, 0.1) is 28.1 Å². The highest BCUT2D eigenvalue weighted by atomic mass is 16.2. The summed E-state index contributed by atoms with van der Waals surface area (Å²) in [5.41, 5.74) is 5.84. The van der Waals surface area contributed by atoms with E-state index < -0.39 is 0 Å². The number of H-pyrrole nitrogens is 1. The lowest BCUT2D eigenvalue weighted by molar-refractivity contribution is -0.331. The Balaban J connectivity index is 1.76. The second-order valence-corrected chi connectivity index (χ2v) is 7.47. The summed E-state index contributed by atoms with van der Waals surface area (Å²) in [5.74, 6) is 0.681. The van der Waals surface area contributed by atoms with Gasteiger partial charge in [0.15, 0.2) is 0 Å². The van der Waals surface area contributed by atoms with Crippen molar-refractivity contribution in [2.24, 2.45) is 0 Å². The van der Waals surface area contributed by atoms with Crippen molar-refractivity contribution >= 4 is 16.6 Å². The highest BCUT2D eigenvalue weighted by molar-refractivity contribution is 5.90. The Bertz CT molecular complexity index is 1410. The van der Waals surface area contributed by atoms with E-state index in [9.17, 15) is 4.79 Å². The van der Waals surface area contributed by atoms with Crippen LogP contribution >= 0.6 is 0 Å². The summed E-state index contributed by atoms with van der Waals surface area (Å²) in [6.07, 6.45) is 0. The summed E-state index contributed by atoms with van der Waals surface area (Å²) in [7, 11) is 0. The Hall–Kier alpha value is -3.73. The molecule has 0 atom stereocenters. The fourth-order valence-electron chi connectivity index (χ4n) is 3.77. The van der Waals surface area contributed by atoms with E-state index >= 15 is 0 Å². The maximum Gasteiger partial charge on any atom is 0.423 e. The van der Waals surface area contributed by atoms with Crippen molar-refractivity contribution < 1.29 is 4.98 Å². The van der Waals surface area contributed by atoms with Gasteiger partial charge in [0.2, 0.25) is 0 Å². The molecule has 2 aromatic heterocycles. The average molecular weight is 381 g/mol. The lowest BCUT2D eigenvalue weighted by atomic mass is 10.1. The van der Waals surface area contributed by atoms with Gasteiger partial charge in [0, 0.05) is 0 Å². The predicted octanol–water partition coefficient (Wildman–Crippen LogP) is 3.80. The molecule has 3 aromatic carbocycles. The highest BCUT2D eigenvalue weighted by Crippen LogP contribution is 2.19. The summed E-state index contributed by atoms with van der Waals surface area (Å²) in [6.45, 7) is 4.61. The maximum absolute atomic E-state index is 13.4. The molecule has 0 saturated heterocycles. The molecular weight excluding hydrogens is 360 g/mol. The SMILES string of the molecule is Cc1ccc(-c2nn3c(=O)n(Cc4cccc(C)c4)c4ccccc4c3[nH+]2)cc1. The zero-order valence-corrected chi connectivity index (χ0v) is 16.4. The molecule has 0 fully saturated rings. The number of hydrogen-bond acceptors (Lipinski definition) is 2. The summed E-state index contributed by atoms with van der Waals surface area (Å²) in [4.78, 5) is 16.7. The second kappa shape index (κ2) is 6.71. The number of aromatic amines is 1. The lowest BCUT2D eigenvalue weighted by Crippen LogP contribution is -2.29. The minimum atomic E-state index is -0.158. The van der Waals surface area contributed by atoms with Gasteiger partial charge in [-0.25, -0.2) is 9.78 Å². The van der Waals surface area contributed by atoms with Crippen LogP contribution in [0.15, 0.2) is 77.6 Å². The first-order chi connectivity index (χ1) is 14.1. The number of aromatic nitrogens is 4. The molecule has 0 saturated carbocycles. The molecule has 29 heavy (non-hydrogen) atoms. The second-order valence-electron chi connectivity index (χ2n) is 7.47. The molecule has 0 amide bonds. The summed E-state index contributed by atoms with van der Waals surface area (Å²) in [6, 6.07) is 24.3. The fraction of sp³-hybridized carbons (Fsp3) is 0.125. The molecule has 2 heterocycles. The van der Waals surface area contributed by atoms with Gasteiger partial charge in [-0.1, -0.05) is 59.7 Å². The molecule has 5 nitrogen and oxygen atoms in total. The van der Waals surface area contributed by atoms with Crippen LogP contribution in [0.5, 0.6) is 0 Å². The Kier molecular flexibility index (Phi) is 4.02. The predicted molar refractivity (Wildman–Crippen MR) is 114 cm³/mol. The van der Waals surface area contributed by atoms with Crippen LogP contribution in [-0.4, -0.2) is 14.2 Å². The zero-order chi connectivity index (χ0) is 20.0. The van der Waals surface area contributed by atoms with Gasteiger partial charge in [-0.2, -0.15) is 0 Å². The summed E-state index contributed by atoms with van der Waals surface area (Å²) >= 11 is 0. The van der Waals surface area contributed by atoms with E-state index in [1.54, 1.807) is 4.57 Å². The van der Waals surface area contributed by atoms with Crippen molar-refractivity contribution in [3.05, 3.63) is 100.0 Å². The van der Waals surface area contributed by atoms with Crippen LogP contribution in [0.25, 0.3) is 27.9 Å². The smallest absolute Gasteiger partial charge is 0.273 e. The fourth-order valence-corrected chi connectivity index (χ4v) is 3.77. The third-order valence-corrected chi connectivity index (χ3v) is 5.26. The highest BCUT2D eigenvalue weighted by Gasteiger charge is 2.22. The first-order valence-electron chi connectivity index (χ1n) is 9.66. The van der Waals surface area contributed by atoms with Crippen molar-refractivity contribution in [3.8, 4) is 11.4 Å². The molecule has 0 bridgehead atoms. The van der Waals surface area contributed by atoms with Crippen LogP contribution in [0.3, 0.4) is 0 Å². The molecule has 5 aromatic rings. The van der Waals surface area contributed by atoms with E-state index in [0.717, 1.165) is 22.0 Å². The quantitative estimate of drug-likeness (QED) is 0.477. The molecule has 0 unspecified atom stereocenters. The third-order valence-electron chi connectivity index (χ3n) is 5.26. The molecule has 142 valence electrons. The summed E-state index contributed by atoms with van der Waals surface area (Å²) in [5, 5.41) is 5.57. The van der Waals surface area contributed by atoms with Crippen LogP contribution in [0.2, 0.25) is 0 Å². The van der Waals surface area contributed by atoms with Crippen LogP contribution < -0.4 is 10.7 Å². The Morgan fingerprint density at radius 2 is 1.69 bits per heavy atom. The van der Waals surface area contributed by atoms with Crippen molar-refractivity contribution in [2.45, 2.75) is 20.4 Å². The van der Waals surface area contributed by atoms with E-state index in [1.165, 1.54) is 15.6 Å².